The van der Waals surface area contributed by atoms with Gasteiger partial charge in [0.2, 0.25) is 0 Å². The Morgan fingerprint density at radius 3 is 1.78 bits per heavy atom. The molecule has 0 atom stereocenters. The molecule has 168 valence electrons. The highest BCUT2D eigenvalue weighted by Crippen LogP contribution is 2.41. The summed E-state index contributed by atoms with van der Waals surface area (Å²) in [5, 5.41) is 17.7. The van der Waals surface area contributed by atoms with Crippen LogP contribution in [0.15, 0.2) is 84.9 Å². The van der Waals surface area contributed by atoms with E-state index in [0.29, 0.717) is 12.8 Å². The van der Waals surface area contributed by atoms with Crippen LogP contribution < -0.4 is 10.4 Å². The fourth-order valence-corrected chi connectivity index (χ4v) is 4.69. The lowest BCUT2D eigenvalue weighted by atomic mass is 9.80. The van der Waals surface area contributed by atoms with Crippen LogP contribution in [0.5, 0.6) is 0 Å². The topological polar surface area (TPSA) is 48.0 Å². The van der Waals surface area contributed by atoms with Crippen LogP contribution in [-0.4, -0.2) is 27.4 Å². The Bertz CT molecular complexity index is 986. The fourth-order valence-electron chi connectivity index (χ4n) is 4.69. The number of hydroxylamine groups is 2. The minimum atomic E-state index is -0.339. The minimum absolute atomic E-state index is 0.330. The maximum absolute atomic E-state index is 10.4. The molecular weight excluding hydrogens is 398 g/mol. The molecule has 1 aliphatic heterocycles. The van der Waals surface area contributed by atoms with Gasteiger partial charge in [-0.1, -0.05) is 36.4 Å². The first kappa shape index (κ1) is 22.3. The fraction of sp³-hybridized carbons (Fsp3) is 0.333. The van der Waals surface area contributed by atoms with Crippen molar-refractivity contribution in [3.63, 3.8) is 0 Å². The van der Waals surface area contributed by atoms with Crippen LogP contribution in [0.4, 0.5) is 22.7 Å². The van der Waals surface area contributed by atoms with Crippen LogP contribution in [0.3, 0.4) is 0 Å². The van der Waals surface area contributed by atoms with Crippen LogP contribution in [0.1, 0.15) is 40.5 Å². The molecule has 3 aromatic rings. The monoisotopic (exact) mass is 431 g/mol. The van der Waals surface area contributed by atoms with E-state index in [-0.39, 0.29) is 17.2 Å². The molecule has 0 saturated carbocycles. The van der Waals surface area contributed by atoms with E-state index in [2.05, 4.69) is 57.3 Å². The van der Waals surface area contributed by atoms with Crippen molar-refractivity contribution in [1.29, 1.82) is 0 Å². The first-order valence-electron chi connectivity index (χ1n) is 11.2. The molecule has 0 bridgehead atoms. The lowest BCUT2D eigenvalue weighted by Crippen LogP contribution is -2.62. The Morgan fingerprint density at radius 1 is 0.750 bits per heavy atom. The van der Waals surface area contributed by atoms with E-state index in [9.17, 15) is 5.11 Å². The molecule has 0 unspecified atom stereocenters. The largest absolute Gasteiger partial charge is 0.393 e. The van der Waals surface area contributed by atoms with E-state index in [4.69, 9.17) is 4.94 Å². The summed E-state index contributed by atoms with van der Waals surface area (Å²) in [6.45, 7) is 8.47. The molecule has 1 heterocycles. The Balaban J connectivity index is 1.63. The van der Waals surface area contributed by atoms with Gasteiger partial charge in [0.05, 0.1) is 17.5 Å². The number of rotatable bonds is 6. The van der Waals surface area contributed by atoms with Gasteiger partial charge in [-0.25, -0.2) is 5.06 Å². The summed E-state index contributed by atoms with van der Waals surface area (Å²) >= 11 is 0. The van der Waals surface area contributed by atoms with Crippen LogP contribution in [-0.2, 0) is 4.94 Å². The summed E-state index contributed by atoms with van der Waals surface area (Å²) in [4.78, 5) is 6.64. The second kappa shape index (κ2) is 8.94. The van der Waals surface area contributed by atoms with E-state index in [1.165, 1.54) is 0 Å². The molecule has 1 aliphatic rings. The quantitative estimate of drug-likeness (QED) is 0.441. The molecule has 4 rings (SSSR count). The zero-order chi connectivity index (χ0) is 22.8. The third-order valence-corrected chi connectivity index (χ3v) is 5.89. The molecule has 32 heavy (non-hydrogen) atoms. The van der Waals surface area contributed by atoms with Crippen LogP contribution in [0, 0.1) is 0 Å². The Hall–Kier alpha value is -2.86. The number of nitrogens with one attached hydrogen (secondary N) is 1. The smallest absolute Gasteiger partial charge is 0.0716 e. The summed E-state index contributed by atoms with van der Waals surface area (Å²) < 4.78 is 0. The lowest BCUT2D eigenvalue weighted by molar-refractivity contribution is -0.293. The standard InChI is InChI=1S/C27H33N3O2/c1-26(2)19-25(31)20-27(3,4)30(26)32-29(23-13-9-6-10-14-23)24-17-15-22(16-18-24)28-21-11-7-5-8-12-21/h5-18,25,28,31H,19-20H2,1-4H3. The van der Waals surface area contributed by atoms with E-state index < -0.39 is 0 Å². The molecule has 0 aromatic heterocycles. The van der Waals surface area contributed by atoms with Crippen molar-refractivity contribution in [3.05, 3.63) is 84.9 Å². The minimum Gasteiger partial charge on any atom is -0.393 e. The van der Waals surface area contributed by atoms with Gasteiger partial charge in [0.25, 0.3) is 0 Å². The molecular formula is C27H33N3O2. The predicted octanol–water partition coefficient (Wildman–Crippen LogP) is 6.43. The lowest BCUT2D eigenvalue weighted by Gasteiger charge is -2.53. The molecule has 5 heteroatoms. The van der Waals surface area contributed by atoms with Crippen molar-refractivity contribution in [3.8, 4) is 0 Å². The number of nitrogens with zero attached hydrogens (tertiary/aromatic N) is 2. The highest BCUT2D eigenvalue weighted by atomic mass is 16.8. The maximum atomic E-state index is 10.4. The van der Waals surface area contributed by atoms with E-state index >= 15 is 0 Å². The average molecular weight is 432 g/mol. The molecule has 0 radical (unpaired) electrons. The Kier molecular flexibility index (Phi) is 6.24. The van der Waals surface area contributed by atoms with Crippen LogP contribution in [0.25, 0.3) is 0 Å². The van der Waals surface area contributed by atoms with Crippen LogP contribution in [0.2, 0.25) is 0 Å². The number of anilines is 4. The van der Waals surface area contributed by atoms with Gasteiger partial charge in [-0.05, 0) is 89.1 Å². The van der Waals surface area contributed by atoms with Crippen molar-refractivity contribution in [1.82, 2.24) is 5.06 Å². The van der Waals surface area contributed by atoms with E-state index in [1.54, 1.807) is 0 Å². The summed E-state index contributed by atoms with van der Waals surface area (Å²) in [5.41, 5.74) is 3.26. The molecule has 1 saturated heterocycles. The second-order valence-electron chi connectivity index (χ2n) is 9.73. The van der Waals surface area contributed by atoms with E-state index in [0.717, 1.165) is 22.7 Å². The summed E-state index contributed by atoms with van der Waals surface area (Å²) in [7, 11) is 0. The van der Waals surface area contributed by atoms with Gasteiger partial charge >= 0.3 is 0 Å². The first-order chi connectivity index (χ1) is 15.2. The third-order valence-electron chi connectivity index (χ3n) is 5.89. The summed E-state index contributed by atoms with van der Waals surface area (Å²) in [6, 6.07) is 28.4. The summed E-state index contributed by atoms with van der Waals surface area (Å²) in [6.07, 6.45) is 0.964. The van der Waals surface area contributed by atoms with Crippen molar-refractivity contribution >= 4 is 22.7 Å². The highest BCUT2D eigenvalue weighted by molar-refractivity contribution is 5.66. The van der Waals surface area contributed by atoms with Crippen molar-refractivity contribution in [2.24, 2.45) is 0 Å². The molecule has 2 N–H and O–H groups in total. The Labute approximate surface area is 191 Å². The number of aliphatic hydroxyl groups excluding tert-OH is 1. The Morgan fingerprint density at radius 2 is 1.22 bits per heavy atom. The third kappa shape index (κ3) is 4.96. The number of para-hydroxylation sites is 2. The van der Waals surface area contributed by atoms with Gasteiger partial charge in [-0.2, -0.15) is 10.0 Å². The van der Waals surface area contributed by atoms with Crippen LogP contribution >= 0.6 is 0 Å². The zero-order valence-corrected chi connectivity index (χ0v) is 19.3. The van der Waals surface area contributed by atoms with Gasteiger partial charge in [-0.3, -0.25) is 0 Å². The van der Waals surface area contributed by atoms with Gasteiger partial charge in [0, 0.05) is 22.5 Å². The van der Waals surface area contributed by atoms with E-state index in [1.807, 2.05) is 70.8 Å². The second-order valence-corrected chi connectivity index (χ2v) is 9.73. The van der Waals surface area contributed by atoms with Crippen molar-refractivity contribution in [2.75, 3.05) is 10.4 Å². The van der Waals surface area contributed by atoms with Gasteiger partial charge in [-0.15, -0.1) is 0 Å². The molecule has 1 fully saturated rings. The van der Waals surface area contributed by atoms with Gasteiger partial charge in [0.15, 0.2) is 0 Å². The van der Waals surface area contributed by atoms with Crippen molar-refractivity contribution in [2.45, 2.75) is 57.7 Å². The molecule has 5 nitrogen and oxygen atoms in total. The molecule has 0 aliphatic carbocycles. The van der Waals surface area contributed by atoms with Crippen molar-refractivity contribution < 1.29 is 10.0 Å². The number of hydrogen-bond donors (Lipinski definition) is 2. The first-order valence-corrected chi connectivity index (χ1v) is 11.2. The highest BCUT2D eigenvalue weighted by Gasteiger charge is 2.47. The normalized spacial score (nSPS) is 18.3. The average Bonchev–Trinajstić information content (AvgIpc) is 2.74. The predicted molar refractivity (Wildman–Crippen MR) is 131 cm³/mol. The van der Waals surface area contributed by atoms with Gasteiger partial charge in [0.1, 0.15) is 0 Å². The SMILES string of the molecule is CC1(C)CC(O)CC(C)(C)N1ON(c1ccccc1)c1ccc(Nc2ccccc2)cc1. The number of piperidine rings is 1. The number of benzene rings is 3. The number of hydrogen-bond acceptors (Lipinski definition) is 5. The summed E-state index contributed by atoms with van der Waals surface area (Å²) in [5.74, 6) is 0. The molecule has 0 amide bonds. The molecule has 3 aromatic carbocycles. The molecule has 0 spiro atoms. The zero-order valence-electron chi connectivity index (χ0n) is 19.3. The maximum Gasteiger partial charge on any atom is 0.0716 e. The number of aliphatic hydroxyl groups is 1. The van der Waals surface area contributed by atoms with Gasteiger partial charge < -0.3 is 10.4 Å².